The van der Waals surface area contributed by atoms with E-state index in [0.29, 0.717) is 0 Å². The van der Waals surface area contributed by atoms with E-state index < -0.39 is 5.97 Å². The third-order valence-corrected chi connectivity index (χ3v) is 2.35. The Bertz CT molecular complexity index is 451. The number of nitrogens with zero attached hydrogens (tertiary/aromatic N) is 2. The number of nitriles is 1. The standard InChI is InChI=1S/C13H14N2O3/c1-18-13(17)10-15(12(16)7-8-14)9-11-5-3-2-4-6-11/h2-6H,7,9-10H2,1H3. The molecule has 0 aliphatic rings. The molecule has 0 bridgehead atoms. The van der Waals surface area contributed by atoms with Crippen LogP contribution in [0.3, 0.4) is 0 Å². The number of carbonyl (C=O) groups excluding carboxylic acids is 2. The second-order valence-corrected chi connectivity index (χ2v) is 3.65. The van der Waals surface area contributed by atoms with Crippen LogP contribution < -0.4 is 0 Å². The zero-order valence-electron chi connectivity index (χ0n) is 10.1. The molecule has 18 heavy (non-hydrogen) atoms. The summed E-state index contributed by atoms with van der Waals surface area (Å²) in [6.07, 6.45) is -0.246. The van der Waals surface area contributed by atoms with Gasteiger partial charge in [0.1, 0.15) is 13.0 Å². The summed E-state index contributed by atoms with van der Waals surface area (Å²) in [5.74, 6) is -0.885. The number of esters is 1. The number of hydrogen-bond donors (Lipinski definition) is 0. The molecule has 1 aromatic carbocycles. The molecule has 0 aromatic heterocycles. The Labute approximate surface area is 106 Å². The maximum Gasteiger partial charge on any atom is 0.325 e. The highest BCUT2D eigenvalue weighted by Crippen LogP contribution is 2.06. The minimum absolute atomic E-state index is 0.147. The van der Waals surface area contributed by atoms with Crippen molar-refractivity contribution in [3.05, 3.63) is 35.9 Å². The van der Waals surface area contributed by atoms with E-state index in [2.05, 4.69) is 4.74 Å². The molecule has 0 aliphatic carbocycles. The molecule has 0 fully saturated rings. The molecule has 0 unspecified atom stereocenters. The van der Waals surface area contributed by atoms with Crippen LogP contribution >= 0.6 is 0 Å². The molecule has 0 aliphatic heterocycles. The van der Waals surface area contributed by atoms with Crippen LogP contribution in [0.5, 0.6) is 0 Å². The van der Waals surface area contributed by atoms with Crippen molar-refractivity contribution in [3.63, 3.8) is 0 Å². The molecule has 0 radical (unpaired) electrons. The van der Waals surface area contributed by atoms with Crippen molar-refractivity contribution in [1.82, 2.24) is 4.90 Å². The second-order valence-electron chi connectivity index (χ2n) is 3.65. The van der Waals surface area contributed by atoms with Gasteiger partial charge in [-0.25, -0.2) is 0 Å². The smallest absolute Gasteiger partial charge is 0.325 e. The number of rotatable bonds is 5. The van der Waals surface area contributed by atoms with Crippen LogP contribution in [-0.2, 0) is 20.9 Å². The van der Waals surface area contributed by atoms with E-state index in [1.807, 2.05) is 30.3 Å². The van der Waals surface area contributed by atoms with Crippen molar-refractivity contribution < 1.29 is 14.3 Å². The van der Waals surface area contributed by atoms with Gasteiger partial charge in [0, 0.05) is 6.54 Å². The lowest BCUT2D eigenvalue weighted by atomic mass is 10.2. The maximum absolute atomic E-state index is 11.7. The molecular weight excluding hydrogens is 232 g/mol. The largest absolute Gasteiger partial charge is 0.468 e. The molecule has 5 nitrogen and oxygen atoms in total. The van der Waals surface area contributed by atoms with E-state index in [0.717, 1.165) is 5.56 Å². The summed E-state index contributed by atoms with van der Waals surface area (Å²) in [6.45, 7) is 0.141. The molecule has 0 atom stereocenters. The van der Waals surface area contributed by atoms with Crippen molar-refractivity contribution in [2.75, 3.05) is 13.7 Å². The van der Waals surface area contributed by atoms with E-state index in [-0.39, 0.29) is 25.4 Å². The molecule has 0 N–H and O–H groups in total. The van der Waals surface area contributed by atoms with Crippen molar-refractivity contribution in [2.45, 2.75) is 13.0 Å². The number of methoxy groups -OCH3 is 1. The Balaban J connectivity index is 2.74. The quantitative estimate of drug-likeness (QED) is 0.729. The van der Waals surface area contributed by atoms with E-state index >= 15 is 0 Å². The van der Waals surface area contributed by atoms with Crippen LogP contribution in [0, 0.1) is 11.3 Å². The van der Waals surface area contributed by atoms with Crippen LogP contribution in [0.2, 0.25) is 0 Å². The van der Waals surface area contributed by atoms with Crippen LogP contribution in [-0.4, -0.2) is 30.4 Å². The number of ether oxygens (including phenoxy) is 1. The fourth-order valence-electron chi connectivity index (χ4n) is 1.44. The first-order valence-electron chi connectivity index (χ1n) is 5.43. The normalized spacial score (nSPS) is 9.33. The Kier molecular flexibility index (Phi) is 5.39. The molecule has 1 amide bonds. The predicted molar refractivity (Wildman–Crippen MR) is 64.1 cm³/mol. The third kappa shape index (κ3) is 4.26. The zero-order chi connectivity index (χ0) is 13.4. The molecular formula is C13H14N2O3. The van der Waals surface area contributed by atoms with E-state index in [9.17, 15) is 9.59 Å². The van der Waals surface area contributed by atoms with Gasteiger partial charge < -0.3 is 9.64 Å². The van der Waals surface area contributed by atoms with Crippen LogP contribution in [0.1, 0.15) is 12.0 Å². The number of carbonyl (C=O) groups is 2. The average molecular weight is 246 g/mol. The van der Waals surface area contributed by atoms with Crippen molar-refractivity contribution in [1.29, 1.82) is 5.26 Å². The van der Waals surface area contributed by atoms with Crippen LogP contribution in [0.4, 0.5) is 0 Å². The molecule has 94 valence electrons. The number of amides is 1. The van der Waals surface area contributed by atoms with Crippen molar-refractivity contribution in [2.24, 2.45) is 0 Å². The van der Waals surface area contributed by atoms with Gasteiger partial charge in [-0.15, -0.1) is 0 Å². The van der Waals surface area contributed by atoms with Crippen LogP contribution in [0.15, 0.2) is 30.3 Å². The van der Waals surface area contributed by atoms with Gasteiger partial charge >= 0.3 is 5.97 Å². The van der Waals surface area contributed by atoms with Gasteiger partial charge in [0.25, 0.3) is 0 Å². The fourth-order valence-corrected chi connectivity index (χ4v) is 1.44. The van der Waals surface area contributed by atoms with Gasteiger partial charge in [-0.1, -0.05) is 30.3 Å². The third-order valence-electron chi connectivity index (χ3n) is 2.35. The lowest BCUT2D eigenvalue weighted by Crippen LogP contribution is -2.35. The highest BCUT2D eigenvalue weighted by molar-refractivity contribution is 5.83. The highest BCUT2D eigenvalue weighted by atomic mass is 16.5. The minimum atomic E-state index is -0.503. The summed E-state index contributed by atoms with van der Waals surface area (Å²) in [7, 11) is 1.26. The second kappa shape index (κ2) is 7.07. The first-order chi connectivity index (χ1) is 8.67. The molecule has 0 spiro atoms. The number of benzene rings is 1. The molecule has 0 heterocycles. The summed E-state index contributed by atoms with van der Waals surface area (Å²) in [5.41, 5.74) is 0.896. The summed E-state index contributed by atoms with van der Waals surface area (Å²) in [4.78, 5) is 24.2. The Morgan fingerprint density at radius 3 is 2.56 bits per heavy atom. The van der Waals surface area contributed by atoms with Gasteiger partial charge in [-0.05, 0) is 5.56 Å². The molecule has 1 rings (SSSR count). The van der Waals surface area contributed by atoms with Crippen molar-refractivity contribution in [3.8, 4) is 6.07 Å². The van der Waals surface area contributed by atoms with Crippen molar-refractivity contribution >= 4 is 11.9 Å². The van der Waals surface area contributed by atoms with E-state index in [4.69, 9.17) is 5.26 Å². The average Bonchev–Trinajstić information content (AvgIpc) is 2.39. The molecule has 0 saturated heterocycles. The highest BCUT2D eigenvalue weighted by Gasteiger charge is 2.17. The monoisotopic (exact) mass is 246 g/mol. The van der Waals surface area contributed by atoms with E-state index in [1.165, 1.54) is 12.0 Å². The Morgan fingerprint density at radius 2 is 2.00 bits per heavy atom. The van der Waals surface area contributed by atoms with Gasteiger partial charge in [0.15, 0.2) is 0 Å². The molecule has 5 heteroatoms. The molecule has 0 saturated carbocycles. The van der Waals surface area contributed by atoms with Gasteiger partial charge in [0.05, 0.1) is 13.2 Å². The lowest BCUT2D eigenvalue weighted by Gasteiger charge is -2.20. The first-order valence-corrected chi connectivity index (χ1v) is 5.43. The Morgan fingerprint density at radius 1 is 1.33 bits per heavy atom. The number of hydrogen-bond acceptors (Lipinski definition) is 4. The lowest BCUT2D eigenvalue weighted by molar-refractivity contribution is -0.147. The Hall–Kier alpha value is -2.35. The van der Waals surface area contributed by atoms with E-state index in [1.54, 1.807) is 6.07 Å². The zero-order valence-corrected chi connectivity index (χ0v) is 10.1. The fraction of sp³-hybridized carbons (Fsp3) is 0.308. The topological polar surface area (TPSA) is 70.4 Å². The first kappa shape index (κ1) is 13.7. The van der Waals surface area contributed by atoms with Crippen LogP contribution in [0.25, 0.3) is 0 Å². The molecule has 1 aromatic rings. The predicted octanol–water partition coefficient (Wildman–Crippen LogP) is 1.10. The summed E-state index contributed by atoms with van der Waals surface area (Å²) >= 11 is 0. The SMILES string of the molecule is COC(=O)CN(Cc1ccccc1)C(=O)CC#N. The summed E-state index contributed by atoms with van der Waals surface area (Å²) < 4.78 is 4.53. The van der Waals surface area contributed by atoms with Gasteiger partial charge in [-0.2, -0.15) is 5.26 Å². The summed E-state index contributed by atoms with van der Waals surface area (Å²) in [5, 5.41) is 8.53. The maximum atomic E-state index is 11.7. The minimum Gasteiger partial charge on any atom is -0.468 e. The van der Waals surface area contributed by atoms with Gasteiger partial charge in [-0.3, -0.25) is 9.59 Å². The summed E-state index contributed by atoms with van der Waals surface area (Å²) in [6, 6.07) is 11.0. The van der Waals surface area contributed by atoms with Gasteiger partial charge in [0.2, 0.25) is 5.91 Å².